The number of aryl methyl sites for hydroxylation is 1. The molecule has 0 aliphatic rings. The van der Waals surface area contributed by atoms with Crippen LogP contribution >= 0.6 is 27.5 Å². The zero-order chi connectivity index (χ0) is 14.4. The van der Waals surface area contributed by atoms with E-state index in [0.717, 1.165) is 17.3 Å². The number of nitrogens with zero attached hydrogens (tertiary/aromatic N) is 1. The van der Waals surface area contributed by atoms with Gasteiger partial charge in [0.1, 0.15) is 0 Å². The second-order valence-corrected chi connectivity index (χ2v) is 5.65. The molecule has 0 spiro atoms. The Hall–Kier alpha value is -1.39. The summed E-state index contributed by atoms with van der Waals surface area (Å²) in [5.41, 5.74) is 1.77. The monoisotopic (exact) mass is 352 g/mol. The van der Waals surface area contributed by atoms with E-state index in [1.54, 1.807) is 12.3 Å². The molecule has 3 nitrogen and oxygen atoms in total. The highest BCUT2D eigenvalue weighted by atomic mass is 79.9. The highest BCUT2D eigenvalue weighted by Crippen LogP contribution is 2.23. The second-order valence-electron chi connectivity index (χ2n) is 4.38. The van der Waals surface area contributed by atoms with Gasteiger partial charge in [0.25, 0.3) is 0 Å². The van der Waals surface area contributed by atoms with Gasteiger partial charge in [0.2, 0.25) is 5.91 Å². The highest BCUT2D eigenvalue weighted by Gasteiger charge is 2.07. The second kappa shape index (κ2) is 7.41. The summed E-state index contributed by atoms with van der Waals surface area (Å²) in [7, 11) is 0. The van der Waals surface area contributed by atoms with Crippen LogP contribution in [0.5, 0.6) is 0 Å². The molecule has 0 saturated heterocycles. The summed E-state index contributed by atoms with van der Waals surface area (Å²) in [5, 5.41) is 3.07. The first-order valence-corrected chi connectivity index (χ1v) is 7.47. The van der Waals surface area contributed by atoms with Crippen molar-refractivity contribution in [1.82, 2.24) is 4.98 Å². The van der Waals surface area contributed by atoms with Crippen molar-refractivity contribution in [3.05, 3.63) is 57.8 Å². The Bertz CT molecular complexity index is 590. The number of carbonyl (C=O) groups excluding carboxylic acids is 1. The zero-order valence-corrected chi connectivity index (χ0v) is 13.1. The van der Waals surface area contributed by atoms with Crippen LogP contribution in [-0.4, -0.2) is 10.9 Å². The number of amides is 1. The number of halogens is 2. The van der Waals surface area contributed by atoms with Gasteiger partial charge >= 0.3 is 0 Å². The molecule has 0 fully saturated rings. The fourth-order valence-corrected chi connectivity index (χ4v) is 2.30. The van der Waals surface area contributed by atoms with Gasteiger partial charge in [-0.25, -0.2) is 4.98 Å². The molecular weight excluding hydrogens is 340 g/mol. The lowest BCUT2D eigenvalue weighted by molar-refractivity contribution is -0.116. The number of anilines is 1. The van der Waals surface area contributed by atoms with Crippen LogP contribution in [0, 0.1) is 0 Å². The topological polar surface area (TPSA) is 42.0 Å². The largest absolute Gasteiger partial charge is 0.323 e. The smallest absolute Gasteiger partial charge is 0.224 e. The lowest BCUT2D eigenvalue weighted by Crippen LogP contribution is -2.12. The predicted octanol–water partition coefficient (Wildman–Crippen LogP) is 4.46. The van der Waals surface area contributed by atoms with E-state index >= 15 is 0 Å². The van der Waals surface area contributed by atoms with Gasteiger partial charge in [0.05, 0.1) is 5.69 Å². The SMILES string of the molecule is O=C(CCCc1ccccc1)Nc1cc(Br)cnc1Cl. The molecule has 0 bridgehead atoms. The minimum atomic E-state index is -0.0530. The molecule has 1 aromatic carbocycles. The fourth-order valence-electron chi connectivity index (χ4n) is 1.82. The molecule has 20 heavy (non-hydrogen) atoms. The van der Waals surface area contributed by atoms with Crippen LogP contribution in [-0.2, 0) is 11.2 Å². The average Bonchev–Trinajstić information content (AvgIpc) is 2.44. The van der Waals surface area contributed by atoms with Gasteiger partial charge < -0.3 is 5.32 Å². The molecule has 2 rings (SSSR count). The van der Waals surface area contributed by atoms with E-state index in [-0.39, 0.29) is 5.91 Å². The van der Waals surface area contributed by atoms with E-state index in [4.69, 9.17) is 11.6 Å². The van der Waals surface area contributed by atoms with Gasteiger partial charge in [-0.3, -0.25) is 4.79 Å². The van der Waals surface area contributed by atoms with Crippen LogP contribution in [0.25, 0.3) is 0 Å². The van der Waals surface area contributed by atoms with Crippen molar-refractivity contribution in [2.75, 3.05) is 5.32 Å². The molecule has 1 heterocycles. The van der Waals surface area contributed by atoms with Crippen molar-refractivity contribution < 1.29 is 4.79 Å². The van der Waals surface area contributed by atoms with Gasteiger partial charge in [-0.15, -0.1) is 0 Å². The molecule has 5 heteroatoms. The Morgan fingerprint density at radius 3 is 2.80 bits per heavy atom. The van der Waals surface area contributed by atoms with E-state index < -0.39 is 0 Å². The molecule has 0 aliphatic heterocycles. The van der Waals surface area contributed by atoms with Crippen LogP contribution in [0.1, 0.15) is 18.4 Å². The summed E-state index contributed by atoms with van der Waals surface area (Å²) in [6.45, 7) is 0. The van der Waals surface area contributed by atoms with E-state index in [2.05, 4.69) is 38.4 Å². The van der Waals surface area contributed by atoms with Crippen LogP contribution in [0.4, 0.5) is 5.69 Å². The molecule has 2 aromatic rings. The summed E-state index contributed by atoms with van der Waals surface area (Å²) < 4.78 is 0.779. The maximum absolute atomic E-state index is 11.9. The normalized spacial score (nSPS) is 10.3. The summed E-state index contributed by atoms with van der Waals surface area (Å²) >= 11 is 9.22. The maximum atomic E-state index is 11.9. The van der Waals surface area contributed by atoms with Crippen molar-refractivity contribution in [1.29, 1.82) is 0 Å². The molecule has 0 radical (unpaired) electrons. The number of hydrogen-bond donors (Lipinski definition) is 1. The fraction of sp³-hybridized carbons (Fsp3) is 0.200. The zero-order valence-electron chi connectivity index (χ0n) is 10.8. The predicted molar refractivity (Wildman–Crippen MR) is 85.0 cm³/mol. The van der Waals surface area contributed by atoms with Gasteiger partial charge in [-0.2, -0.15) is 0 Å². The first-order chi connectivity index (χ1) is 9.65. The molecule has 0 saturated carbocycles. The van der Waals surface area contributed by atoms with E-state index in [1.807, 2.05) is 18.2 Å². The van der Waals surface area contributed by atoms with Crippen LogP contribution < -0.4 is 5.32 Å². The number of pyridine rings is 1. The summed E-state index contributed by atoms with van der Waals surface area (Å²) in [4.78, 5) is 15.8. The molecule has 0 unspecified atom stereocenters. The molecule has 1 amide bonds. The minimum absolute atomic E-state index is 0.0530. The third-order valence-electron chi connectivity index (χ3n) is 2.79. The number of nitrogens with one attached hydrogen (secondary N) is 1. The first-order valence-electron chi connectivity index (χ1n) is 6.30. The van der Waals surface area contributed by atoms with Crippen molar-refractivity contribution in [3.63, 3.8) is 0 Å². The summed E-state index contributed by atoms with van der Waals surface area (Å²) in [6.07, 6.45) is 3.73. The Kier molecular flexibility index (Phi) is 5.56. The Balaban J connectivity index is 1.82. The number of aromatic nitrogens is 1. The number of carbonyl (C=O) groups is 1. The van der Waals surface area contributed by atoms with Crippen molar-refractivity contribution in [3.8, 4) is 0 Å². The van der Waals surface area contributed by atoms with Gasteiger partial charge in [0, 0.05) is 17.1 Å². The molecule has 0 atom stereocenters. The van der Waals surface area contributed by atoms with Crippen molar-refractivity contribution in [2.45, 2.75) is 19.3 Å². The lowest BCUT2D eigenvalue weighted by Gasteiger charge is -2.07. The van der Waals surface area contributed by atoms with Gasteiger partial charge in [-0.05, 0) is 40.4 Å². The van der Waals surface area contributed by atoms with Crippen molar-refractivity contribution in [2.24, 2.45) is 0 Å². The summed E-state index contributed by atoms with van der Waals surface area (Å²) in [5.74, 6) is -0.0530. The first kappa shape index (κ1) is 15.0. The van der Waals surface area contributed by atoms with E-state index in [1.165, 1.54) is 5.56 Å². The van der Waals surface area contributed by atoms with Crippen molar-refractivity contribution >= 4 is 39.1 Å². The Labute approximate surface area is 131 Å². The molecular formula is C15H14BrClN2O. The Morgan fingerprint density at radius 1 is 1.30 bits per heavy atom. The quantitative estimate of drug-likeness (QED) is 0.806. The minimum Gasteiger partial charge on any atom is -0.323 e. The molecule has 104 valence electrons. The third-order valence-corrected chi connectivity index (χ3v) is 3.53. The van der Waals surface area contributed by atoms with E-state index in [0.29, 0.717) is 17.3 Å². The number of rotatable bonds is 5. The summed E-state index contributed by atoms with van der Waals surface area (Å²) in [6, 6.07) is 11.9. The van der Waals surface area contributed by atoms with E-state index in [9.17, 15) is 4.79 Å². The van der Waals surface area contributed by atoms with Gasteiger partial charge in [-0.1, -0.05) is 41.9 Å². The van der Waals surface area contributed by atoms with Crippen LogP contribution in [0.15, 0.2) is 47.1 Å². The maximum Gasteiger partial charge on any atom is 0.224 e. The van der Waals surface area contributed by atoms with Gasteiger partial charge in [0.15, 0.2) is 5.15 Å². The number of hydrogen-bond acceptors (Lipinski definition) is 2. The standard InChI is InChI=1S/C15H14BrClN2O/c16-12-9-13(15(17)18-10-12)19-14(20)8-4-7-11-5-2-1-3-6-11/h1-3,5-6,9-10H,4,7-8H2,(H,19,20). The highest BCUT2D eigenvalue weighted by molar-refractivity contribution is 9.10. The van der Waals surface area contributed by atoms with Crippen LogP contribution in [0.2, 0.25) is 5.15 Å². The average molecular weight is 354 g/mol. The lowest BCUT2D eigenvalue weighted by atomic mass is 10.1. The van der Waals surface area contributed by atoms with Crippen LogP contribution in [0.3, 0.4) is 0 Å². The Morgan fingerprint density at radius 2 is 2.05 bits per heavy atom. The third kappa shape index (κ3) is 4.62. The molecule has 0 aliphatic carbocycles. The number of benzene rings is 1. The molecule has 1 N–H and O–H groups in total. The molecule has 1 aromatic heterocycles.